The highest BCUT2D eigenvalue weighted by atomic mass is 32.2. The van der Waals surface area contributed by atoms with E-state index in [0.29, 0.717) is 25.4 Å². The van der Waals surface area contributed by atoms with Crippen LogP contribution in [0.15, 0.2) is 27.9 Å². The normalized spacial score (nSPS) is 17.5. The number of ether oxygens (including phenoxy) is 2. The van der Waals surface area contributed by atoms with Gasteiger partial charge in [-0.1, -0.05) is 17.8 Å². The van der Waals surface area contributed by atoms with Crippen LogP contribution in [0.4, 0.5) is 0 Å². The zero-order valence-corrected chi connectivity index (χ0v) is 19.5. The summed E-state index contributed by atoms with van der Waals surface area (Å²) in [5, 5.41) is 1.83. The number of benzene rings is 1. The molecule has 0 aliphatic carbocycles. The van der Waals surface area contributed by atoms with E-state index in [-0.39, 0.29) is 17.8 Å². The van der Waals surface area contributed by atoms with Crippen LogP contribution in [0.5, 0.6) is 5.75 Å². The van der Waals surface area contributed by atoms with E-state index < -0.39 is 0 Å². The van der Waals surface area contributed by atoms with E-state index in [9.17, 15) is 9.59 Å². The summed E-state index contributed by atoms with van der Waals surface area (Å²) in [6.45, 7) is 4.09. The standard InChI is InChI=1S/C22H27N3O4S2/c1-28-21(27)16-5-7-24(8-6-16)12-15-3-4-19-17(11-15)13-25(9-10-29-19)20(26)18-14-31-22(23-18)30-2/h3-4,11,14,16H,5-10,12-13H2,1-2H3. The molecular formula is C22H27N3O4S2. The highest BCUT2D eigenvalue weighted by Crippen LogP contribution is 2.28. The lowest BCUT2D eigenvalue weighted by Gasteiger charge is -2.30. The number of nitrogens with zero attached hydrogens (tertiary/aromatic N) is 3. The largest absolute Gasteiger partial charge is 0.491 e. The number of fused-ring (bicyclic) bond motifs is 1. The highest BCUT2D eigenvalue weighted by Gasteiger charge is 2.26. The van der Waals surface area contributed by atoms with Crippen LogP contribution in [0.2, 0.25) is 0 Å². The first kappa shape index (κ1) is 22.1. The van der Waals surface area contributed by atoms with Crippen LogP contribution in [-0.4, -0.2) is 66.3 Å². The fourth-order valence-electron chi connectivity index (χ4n) is 4.08. The Balaban J connectivity index is 1.42. The van der Waals surface area contributed by atoms with E-state index in [1.807, 2.05) is 22.6 Å². The Morgan fingerprint density at radius 3 is 2.81 bits per heavy atom. The Hall–Kier alpha value is -2.10. The molecule has 1 aromatic carbocycles. The Morgan fingerprint density at radius 1 is 1.29 bits per heavy atom. The predicted octanol–water partition coefficient (Wildman–Crippen LogP) is 3.28. The molecule has 2 aliphatic rings. The van der Waals surface area contributed by atoms with Crippen molar-refractivity contribution in [1.82, 2.24) is 14.8 Å². The highest BCUT2D eigenvalue weighted by molar-refractivity contribution is 8.00. The van der Waals surface area contributed by atoms with Gasteiger partial charge in [-0.3, -0.25) is 14.5 Å². The van der Waals surface area contributed by atoms with Crippen LogP contribution in [0.25, 0.3) is 0 Å². The van der Waals surface area contributed by atoms with Gasteiger partial charge in [-0.15, -0.1) is 11.3 Å². The van der Waals surface area contributed by atoms with Crippen LogP contribution in [0.3, 0.4) is 0 Å². The molecule has 3 heterocycles. The topological polar surface area (TPSA) is 72.0 Å². The van der Waals surface area contributed by atoms with Crippen LogP contribution in [0, 0.1) is 5.92 Å². The first-order chi connectivity index (χ1) is 15.1. The molecule has 2 aliphatic heterocycles. The molecule has 0 spiro atoms. The van der Waals surface area contributed by atoms with Gasteiger partial charge in [0.15, 0.2) is 0 Å². The summed E-state index contributed by atoms with van der Waals surface area (Å²) in [4.78, 5) is 33.3. The molecule has 0 radical (unpaired) electrons. The molecular weight excluding hydrogens is 434 g/mol. The maximum atomic E-state index is 13.0. The second-order valence-corrected chi connectivity index (χ2v) is 9.71. The maximum Gasteiger partial charge on any atom is 0.308 e. The first-order valence-corrected chi connectivity index (χ1v) is 12.5. The molecule has 31 heavy (non-hydrogen) atoms. The number of rotatable bonds is 5. The smallest absolute Gasteiger partial charge is 0.308 e. The lowest BCUT2D eigenvalue weighted by atomic mass is 9.96. The number of thioether (sulfide) groups is 1. The van der Waals surface area contributed by atoms with Gasteiger partial charge in [0.25, 0.3) is 5.91 Å². The summed E-state index contributed by atoms with van der Waals surface area (Å²) in [7, 11) is 1.45. The number of esters is 1. The van der Waals surface area contributed by atoms with E-state index in [2.05, 4.69) is 22.0 Å². The van der Waals surface area contributed by atoms with Gasteiger partial charge in [0.05, 0.1) is 19.6 Å². The summed E-state index contributed by atoms with van der Waals surface area (Å²) < 4.78 is 11.7. The summed E-state index contributed by atoms with van der Waals surface area (Å²) in [5.41, 5.74) is 2.71. The average molecular weight is 462 g/mol. The fourth-order valence-corrected chi connectivity index (χ4v) is 5.32. The lowest BCUT2D eigenvalue weighted by Crippen LogP contribution is -2.36. The van der Waals surface area contributed by atoms with E-state index in [1.165, 1.54) is 24.0 Å². The SMILES string of the molecule is COC(=O)C1CCN(Cc2ccc3c(c2)CN(C(=O)c2csc(SC)n2)CCO3)CC1. The maximum absolute atomic E-state index is 13.0. The molecule has 2 aromatic rings. The number of hydrogen-bond acceptors (Lipinski definition) is 8. The summed E-state index contributed by atoms with van der Waals surface area (Å²) in [6.07, 6.45) is 3.62. The van der Waals surface area contributed by atoms with E-state index in [1.54, 1.807) is 11.8 Å². The summed E-state index contributed by atoms with van der Waals surface area (Å²) in [5.74, 6) is 0.699. The van der Waals surface area contributed by atoms with Crippen molar-refractivity contribution >= 4 is 35.0 Å². The summed E-state index contributed by atoms with van der Waals surface area (Å²) in [6, 6.07) is 6.24. The number of thiazole rings is 1. The predicted molar refractivity (Wildman–Crippen MR) is 121 cm³/mol. The molecule has 0 saturated carbocycles. The van der Waals surface area contributed by atoms with E-state index in [0.717, 1.165) is 48.1 Å². The second-order valence-electron chi connectivity index (χ2n) is 7.79. The molecule has 1 fully saturated rings. The molecule has 1 aromatic heterocycles. The average Bonchev–Trinajstić information content (AvgIpc) is 3.18. The Bertz CT molecular complexity index is 941. The van der Waals surface area contributed by atoms with Crippen molar-refractivity contribution in [3.63, 3.8) is 0 Å². The van der Waals surface area contributed by atoms with Crippen molar-refractivity contribution in [1.29, 1.82) is 0 Å². The van der Waals surface area contributed by atoms with Crippen LogP contribution < -0.4 is 4.74 Å². The van der Waals surface area contributed by atoms with Gasteiger partial charge in [0.1, 0.15) is 22.4 Å². The molecule has 0 bridgehead atoms. The number of piperidine rings is 1. The fraction of sp³-hybridized carbons (Fsp3) is 0.500. The van der Waals surface area contributed by atoms with Gasteiger partial charge in [-0.2, -0.15) is 0 Å². The van der Waals surface area contributed by atoms with Crippen molar-refractivity contribution in [2.45, 2.75) is 30.3 Å². The van der Waals surface area contributed by atoms with Crippen LogP contribution in [0.1, 0.15) is 34.5 Å². The third-order valence-electron chi connectivity index (χ3n) is 5.80. The first-order valence-electron chi connectivity index (χ1n) is 10.4. The number of amides is 1. The van der Waals surface area contributed by atoms with Gasteiger partial charge in [-0.05, 0) is 49.9 Å². The second kappa shape index (κ2) is 10.0. The minimum absolute atomic E-state index is 0.0126. The van der Waals surface area contributed by atoms with Gasteiger partial charge < -0.3 is 14.4 Å². The quantitative estimate of drug-likeness (QED) is 0.500. The number of hydrogen-bond donors (Lipinski definition) is 0. The van der Waals surface area contributed by atoms with Gasteiger partial charge >= 0.3 is 5.97 Å². The third-order valence-corrected chi connectivity index (χ3v) is 7.66. The molecule has 9 heteroatoms. The van der Waals surface area contributed by atoms with E-state index in [4.69, 9.17) is 9.47 Å². The number of carbonyl (C=O) groups is 2. The van der Waals surface area contributed by atoms with Crippen molar-refractivity contribution in [2.24, 2.45) is 5.92 Å². The Morgan fingerprint density at radius 2 is 2.10 bits per heavy atom. The van der Waals surface area contributed by atoms with Crippen molar-refractivity contribution in [2.75, 3.05) is 39.6 Å². The summed E-state index contributed by atoms with van der Waals surface area (Å²) >= 11 is 3.05. The van der Waals surface area contributed by atoms with E-state index >= 15 is 0 Å². The number of likely N-dealkylation sites (tertiary alicyclic amines) is 1. The molecule has 1 amide bonds. The number of aromatic nitrogens is 1. The zero-order valence-electron chi connectivity index (χ0n) is 17.8. The van der Waals surface area contributed by atoms with Crippen molar-refractivity contribution < 1.29 is 19.1 Å². The Labute approximate surface area is 190 Å². The van der Waals surface area contributed by atoms with Crippen LogP contribution >= 0.6 is 23.1 Å². The van der Waals surface area contributed by atoms with Gasteiger partial charge in [0.2, 0.25) is 0 Å². The molecule has 1 saturated heterocycles. The minimum atomic E-state index is -0.101. The number of methoxy groups -OCH3 is 1. The lowest BCUT2D eigenvalue weighted by molar-refractivity contribution is -0.147. The molecule has 0 atom stereocenters. The monoisotopic (exact) mass is 461 g/mol. The van der Waals surface area contributed by atoms with Crippen molar-refractivity contribution in [3.8, 4) is 5.75 Å². The van der Waals surface area contributed by atoms with Crippen LogP contribution in [-0.2, 0) is 22.6 Å². The zero-order chi connectivity index (χ0) is 21.8. The van der Waals surface area contributed by atoms with Gasteiger partial charge in [-0.25, -0.2) is 4.98 Å². The molecule has 166 valence electrons. The molecule has 4 rings (SSSR count). The third kappa shape index (κ3) is 5.22. The number of carbonyl (C=O) groups excluding carboxylic acids is 2. The van der Waals surface area contributed by atoms with Gasteiger partial charge in [0, 0.05) is 24.0 Å². The Kier molecular flexibility index (Phi) is 7.14. The minimum Gasteiger partial charge on any atom is -0.491 e. The molecule has 0 N–H and O–H groups in total. The van der Waals surface area contributed by atoms with Crippen molar-refractivity contribution in [3.05, 3.63) is 40.4 Å². The molecule has 0 unspecified atom stereocenters. The molecule has 7 nitrogen and oxygen atoms in total.